The van der Waals surface area contributed by atoms with E-state index in [2.05, 4.69) is 15.0 Å². The van der Waals surface area contributed by atoms with E-state index in [1.165, 1.54) is 12.3 Å². The van der Waals surface area contributed by atoms with Gasteiger partial charge in [-0.25, -0.2) is 9.18 Å². The van der Waals surface area contributed by atoms with E-state index in [1.54, 1.807) is 0 Å². The van der Waals surface area contributed by atoms with E-state index in [0.29, 0.717) is 0 Å². The first-order valence-corrected chi connectivity index (χ1v) is 5.37. The number of aromatic nitrogens is 2. The molecular formula is C9H11FN6O3. The van der Waals surface area contributed by atoms with E-state index in [9.17, 15) is 9.18 Å². The molecule has 2 rings (SSSR count). The summed E-state index contributed by atoms with van der Waals surface area (Å²) in [5.41, 5.74) is 12.9. The Balaban J connectivity index is 2.36. The summed E-state index contributed by atoms with van der Waals surface area (Å²) in [6, 6.07) is 0.108. The maximum atomic E-state index is 14.1. The van der Waals surface area contributed by atoms with Crippen molar-refractivity contribution in [3.8, 4) is 0 Å². The largest absolute Gasteiger partial charge is 0.394 e. The van der Waals surface area contributed by atoms with Crippen LogP contribution in [0.15, 0.2) is 22.2 Å². The van der Waals surface area contributed by atoms with Gasteiger partial charge in [0.15, 0.2) is 12.4 Å². The average molecular weight is 270 g/mol. The number of alkyl halides is 1. The monoisotopic (exact) mass is 270 g/mol. The Hall–Kier alpha value is -2.16. The Bertz CT molecular complexity index is 571. The van der Waals surface area contributed by atoms with E-state index in [1.807, 2.05) is 0 Å². The van der Waals surface area contributed by atoms with E-state index in [4.69, 9.17) is 21.1 Å². The molecule has 2 heterocycles. The van der Waals surface area contributed by atoms with Gasteiger partial charge >= 0.3 is 5.69 Å². The number of nitrogens with two attached hydrogens (primary N) is 1. The first-order valence-electron chi connectivity index (χ1n) is 5.37. The lowest BCUT2D eigenvalue weighted by atomic mass is 10.1. The Kier molecular flexibility index (Phi) is 3.65. The van der Waals surface area contributed by atoms with Gasteiger partial charge < -0.3 is 15.6 Å². The third-order valence-electron chi connectivity index (χ3n) is 2.78. The van der Waals surface area contributed by atoms with Crippen molar-refractivity contribution in [3.05, 3.63) is 33.2 Å². The maximum Gasteiger partial charge on any atom is 0.351 e. The summed E-state index contributed by atoms with van der Waals surface area (Å²) in [6.45, 7) is -0.530. The zero-order valence-corrected chi connectivity index (χ0v) is 9.63. The molecule has 1 aliphatic heterocycles. The predicted octanol–water partition coefficient (Wildman–Crippen LogP) is -0.268. The summed E-state index contributed by atoms with van der Waals surface area (Å²) in [7, 11) is 0. The molecule has 1 saturated heterocycles. The number of halogens is 1. The van der Waals surface area contributed by atoms with Crippen LogP contribution in [-0.4, -0.2) is 39.6 Å². The van der Waals surface area contributed by atoms with Gasteiger partial charge in [0.05, 0.1) is 12.7 Å². The van der Waals surface area contributed by atoms with Gasteiger partial charge in [-0.15, -0.1) is 0 Å². The van der Waals surface area contributed by atoms with Crippen LogP contribution in [0.2, 0.25) is 0 Å². The highest BCUT2D eigenvalue weighted by atomic mass is 19.1. The van der Waals surface area contributed by atoms with Gasteiger partial charge in [0.1, 0.15) is 11.9 Å². The van der Waals surface area contributed by atoms with Crippen LogP contribution in [0.3, 0.4) is 0 Å². The van der Waals surface area contributed by atoms with Crippen molar-refractivity contribution < 1.29 is 14.2 Å². The molecule has 0 bridgehead atoms. The predicted molar refractivity (Wildman–Crippen MR) is 61.7 cm³/mol. The molecule has 0 saturated carbocycles. The molecule has 1 aliphatic rings. The number of anilines is 1. The molecule has 0 aliphatic carbocycles. The van der Waals surface area contributed by atoms with Crippen LogP contribution >= 0.6 is 0 Å². The fraction of sp³-hybridized carbons (Fsp3) is 0.556. The van der Waals surface area contributed by atoms with Crippen molar-refractivity contribution in [2.75, 3.05) is 12.3 Å². The Labute approximate surface area is 106 Å². The second-order valence-electron chi connectivity index (χ2n) is 3.93. The molecule has 4 atom stereocenters. The van der Waals surface area contributed by atoms with Crippen LogP contribution in [0.1, 0.15) is 6.23 Å². The molecule has 3 N–H and O–H groups in total. The van der Waals surface area contributed by atoms with E-state index >= 15 is 0 Å². The second-order valence-corrected chi connectivity index (χ2v) is 3.93. The van der Waals surface area contributed by atoms with E-state index < -0.39 is 36.8 Å². The summed E-state index contributed by atoms with van der Waals surface area (Å²) in [5, 5.41) is 12.3. The highest BCUT2D eigenvalue weighted by Gasteiger charge is 2.45. The molecule has 19 heavy (non-hydrogen) atoms. The van der Waals surface area contributed by atoms with Crippen molar-refractivity contribution >= 4 is 5.82 Å². The minimum absolute atomic E-state index is 0.0000380. The van der Waals surface area contributed by atoms with Gasteiger partial charge in [-0.05, 0) is 11.6 Å². The molecule has 102 valence electrons. The lowest BCUT2D eigenvalue weighted by molar-refractivity contribution is -0.0401. The van der Waals surface area contributed by atoms with Gasteiger partial charge in [0.25, 0.3) is 0 Å². The molecule has 1 aromatic rings. The fourth-order valence-electron chi connectivity index (χ4n) is 1.90. The zero-order chi connectivity index (χ0) is 14.0. The molecular weight excluding hydrogens is 259 g/mol. The molecule has 0 radical (unpaired) electrons. The fourth-order valence-corrected chi connectivity index (χ4v) is 1.90. The third kappa shape index (κ3) is 2.36. The maximum absolute atomic E-state index is 14.1. The van der Waals surface area contributed by atoms with Gasteiger partial charge in [0.2, 0.25) is 0 Å². The highest BCUT2D eigenvalue weighted by molar-refractivity contribution is 5.23. The number of hydrogen-bond donors (Lipinski definition) is 2. The number of azide groups is 1. The smallest absolute Gasteiger partial charge is 0.351 e. The van der Waals surface area contributed by atoms with Crippen LogP contribution in [0.5, 0.6) is 0 Å². The zero-order valence-electron chi connectivity index (χ0n) is 9.63. The van der Waals surface area contributed by atoms with Gasteiger partial charge in [-0.2, -0.15) is 4.98 Å². The number of aliphatic hydroxyl groups is 1. The lowest BCUT2D eigenvalue weighted by Gasteiger charge is -2.15. The number of aliphatic hydroxyl groups excluding tert-OH is 1. The number of nitrogens with zero attached hydrogens (tertiary/aromatic N) is 5. The quantitative estimate of drug-likeness (QED) is 0.442. The Morgan fingerprint density at radius 3 is 3.05 bits per heavy atom. The normalized spacial score (nSPS) is 30.0. The van der Waals surface area contributed by atoms with Crippen LogP contribution in [-0.2, 0) is 4.74 Å². The molecule has 10 heteroatoms. The molecule has 1 fully saturated rings. The van der Waals surface area contributed by atoms with E-state index in [-0.39, 0.29) is 5.82 Å². The molecule has 0 unspecified atom stereocenters. The van der Waals surface area contributed by atoms with Crippen molar-refractivity contribution in [1.29, 1.82) is 0 Å². The standard InChI is InChI=1S/C9H11FN6O3/c10-6-7(14-15-12)4(3-17)19-8(6)16-2-1-5(11)13-9(16)18/h1-2,4,6-8,17H,3H2,(H2,11,13,18)/t4-,6-,7-,8-/m1/s1. The summed E-state index contributed by atoms with van der Waals surface area (Å²) in [5.74, 6) is -0.0000380. The SMILES string of the molecule is [N-]=[N+]=N[C@H]1[C@@H](F)[C@H](n2ccc(N)nc2=O)O[C@@H]1CO. The van der Waals surface area contributed by atoms with Crippen molar-refractivity contribution in [2.45, 2.75) is 24.5 Å². The molecule has 0 spiro atoms. The summed E-state index contributed by atoms with van der Waals surface area (Å²) >= 11 is 0. The number of ether oxygens (including phenoxy) is 1. The Morgan fingerprint density at radius 2 is 2.47 bits per heavy atom. The van der Waals surface area contributed by atoms with Crippen LogP contribution < -0.4 is 11.4 Å². The van der Waals surface area contributed by atoms with Crippen molar-refractivity contribution in [2.24, 2.45) is 5.11 Å². The van der Waals surface area contributed by atoms with Crippen LogP contribution in [0.4, 0.5) is 10.2 Å². The third-order valence-corrected chi connectivity index (χ3v) is 2.78. The van der Waals surface area contributed by atoms with Crippen molar-refractivity contribution in [1.82, 2.24) is 9.55 Å². The van der Waals surface area contributed by atoms with Gasteiger partial charge in [-0.1, -0.05) is 5.11 Å². The molecule has 0 amide bonds. The van der Waals surface area contributed by atoms with Crippen LogP contribution in [0.25, 0.3) is 10.4 Å². The molecule has 0 aromatic carbocycles. The van der Waals surface area contributed by atoms with E-state index in [0.717, 1.165) is 4.57 Å². The first kappa shape index (κ1) is 13.3. The van der Waals surface area contributed by atoms with Crippen molar-refractivity contribution in [3.63, 3.8) is 0 Å². The topological polar surface area (TPSA) is 139 Å². The number of hydrogen-bond acceptors (Lipinski definition) is 6. The van der Waals surface area contributed by atoms with Gasteiger partial charge in [-0.3, -0.25) is 4.57 Å². The number of nitrogen functional groups attached to an aromatic ring is 1. The average Bonchev–Trinajstić information content (AvgIpc) is 2.68. The Morgan fingerprint density at radius 1 is 1.74 bits per heavy atom. The summed E-state index contributed by atoms with van der Waals surface area (Å²) in [4.78, 5) is 17.5. The molecule has 1 aromatic heterocycles. The van der Waals surface area contributed by atoms with Gasteiger partial charge in [0, 0.05) is 11.1 Å². The van der Waals surface area contributed by atoms with Crippen LogP contribution in [0, 0.1) is 0 Å². The highest BCUT2D eigenvalue weighted by Crippen LogP contribution is 2.32. The summed E-state index contributed by atoms with van der Waals surface area (Å²) < 4.78 is 20.2. The lowest BCUT2D eigenvalue weighted by Crippen LogP contribution is -2.32. The first-order chi connectivity index (χ1) is 9.08. The second kappa shape index (κ2) is 5.22. The molecule has 9 nitrogen and oxygen atoms in total. The minimum Gasteiger partial charge on any atom is -0.394 e. The number of rotatable bonds is 3. The minimum atomic E-state index is -1.77. The summed E-state index contributed by atoms with van der Waals surface area (Å²) in [6.07, 6.45) is -2.86.